The molecule has 9 N–H and O–H groups in total. The van der Waals surface area contributed by atoms with Gasteiger partial charge in [-0.2, -0.15) is 4.98 Å². The summed E-state index contributed by atoms with van der Waals surface area (Å²) < 4.78 is 0. The lowest BCUT2D eigenvalue weighted by Gasteiger charge is -2.17. The standard InChI is InChI=1S/C23H23N9O7/c24-23-31-18-17(21(37)32-23)26-7-14(29-18)20(36)30-15(9-33)19(35)27-8-16(34)28-13(22(38)39)5-10-6-25-12-4-2-1-3-11(10)12/h1-4,6-7,13,15,25,33H,5,8-9H2,(H,27,35)(H,28,34)(H,30,36)(H,38,39)(H3,24,29,31,32,37)/t13-,15-/m0/s1. The molecule has 0 bridgehead atoms. The van der Waals surface area contributed by atoms with Crippen LogP contribution in [0.2, 0.25) is 0 Å². The molecule has 3 amide bonds. The molecule has 0 aliphatic rings. The Morgan fingerprint density at radius 1 is 1.08 bits per heavy atom. The number of hydrogen-bond acceptors (Lipinski definition) is 10. The number of nitrogen functional groups attached to an aromatic ring is 1. The monoisotopic (exact) mass is 537 g/mol. The number of hydrogen-bond donors (Lipinski definition) is 8. The Morgan fingerprint density at radius 2 is 1.85 bits per heavy atom. The first-order valence-corrected chi connectivity index (χ1v) is 11.5. The summed E-state index contributed by atoms with van der Waals surface area (Å²) in [5, 5.41) is 26.8. The highest BCUT2D eigenvalue weighted by molar-refractivity contribution is 5.97. The highest BCUT2D eigenvalue weighted by atomic mass is 16.4. The van der Waals surface area contributed by atoms with Crippen molar-refractivity contribution in [2.45, 2.75) is 18.5 Å². The fourth-order valence-electron chi connectivity index (χ4n) is 3.73. The summed E-state index contributed by atoms with van der Waals surface area (Å²) in [5.74, 6) is -4.15. The molecule has 0 aliphatic heterocycles. The molecule has 0 radical (unpaired) electrons. The molecule has 16 heteroatoms. The summed E-state index contributed by atoms with van der Waals surface area (Å²) in [6.45, 7) is -1.45. The van der Waals surface area contributed by atoms with Gasteiger partial charge in [-0.05, 0) is 11.6 Å². The van der Waals surface area contributed by atoms with E-state index in [0.29, 0.717) is 5.56 Å². The number of aromatic amines is 2. The summed E-state index contributed by atoms with van der Waals surface area (Å²) >= 11 is 0. The van der Waals surface area contributed by atoms with Crippen LogP contribution in [0.3, 0.4) is 0 Å². The van der Waals surface area contributed by atoms with Crippen molar-refractivity contribution in [3.05, 3.63) is 58.3 Å². The lowest BCUT2D eigenvalue weighted by Crippen LogP contribution is -2.52. The van der Waals surface area contributed by atoms with E-state index < -0.39 is 54.5 Å². The van der Waals surface area contributed by atoms with E-state index in [2.05, 4.69) is 40.9 Å². The number of benzene rings is 1. The fourth-order valence-corrected chi connectivity index (χ4v) is 3.73. The number of carbonyl (C=O) groups is 4. The highest BCUT2D eigenvalue weighted by Crippen LogP contribution is 2.19. The molecule has 0 saturated heterocycles. The number of rotatable bonds is 10. The van der Waals surface area contributed by atoms with Crippen LogP contribution in [-0.2, 0) is 20.8 Å². The second kappa shape index (κ2) is 11.3. The van der Waals surface area contributed by atoms with Gasteiger partial charge >= 0.3 is 5.97 Å². The third-order valence-corrected chi connectivity index (χ3v) is 5.63. The average Bonchev–Trinajstić information content (AvgIpc) is 3.32. The van der Waals surface area contributed by atoms with Gasteiger partial charge in [0.1, 0.15) is 17.8 Å². The van der Waals surface area contributed by atoms with Gasteiger partial charge in [0.15, 0.2) is 11.2 Å². The molecule has 3 heterocycles. The Morgan fingerprint density at radius 3 is 2.59 bits per heavy atom. The van der Waals surface area contributed by atoms with Crippen molar-refractivity contribution in [3.63, 3.8) is 0 Å². The van der Waals surface area contributed by atoms with Crippen LogP contribution in [-0.4, -0.2) is 84.1 Å². The maximum absolute atomic E-state index is 12.5. The molecule has 16 nitrogen and oxygen atoms in total. The Balaban J connectivity index is 1.34. The number of amides is 3. The van der Waals surface area contributed by atoms with Crippen LogP contribution < -0.4 is 27.2 Å². The Hall–Kier alpha value is -5.38. The van der Waals surface area contributed by atoms with Gasteiger partial charge in [-0.1, -0.05) is 18.2 Å². The number of nitrogens with two attached hydrogens (primary N) is 1. The van der Waals surface area contributed by atoms with Crippen LogP contribution in [0.25, 0.3) is 22.1 Å². The lowest BCUT2D eigenvalue weighted by atomic mass is 10.0. The summed E-state index contributed by atoms with van der Waals surface area (Å²) in [4.78, 5) is 77.7. The van der Waals surface area contributed by atoms with Crippen LogP contribution in [0.15, 0.2) is 41.5 Å². The molecule has 0 unspecified atom stereocenters. The second-order valence-corrected chi connectivity index (χ2v) is 8.33. The zero-order valence-corrected chi connectivity index (χ0v) is 20.1. The number of H-pyrrole nitrogens is 2. The highest BCUT2D eigenvalue weighted by Gasteiger charge is 2.25. The van der Waals surface area contributed by atoms with Gasteiger partial charge < -0.3 is 36.9 Å². The molecular weight excluding hydrogens is 514 g/mol. The summed E-state index contributed by atoms with van der Waals surface area (Å²) in [5.41, 5.74) is 5.63. The third kappa shape index (κ3) is 6.13. The molecule has 3 aromatic heterocycles. The molecule has 0 spiro atoms. The molecule has 0 fully saturated rings. The molecule has 4 rings (SSSR count). The van der Waals surface area contributed by atoms with Crippen molar-refractivity contribution in [1.82, 2.24) is 40.9 Å². The van der Waals surface area contributed by atoms with Crippen molar-refractivity contribution < 1.29 is 29.4 Å². The van der Waals surface area contributed by atoms with Gasteiger partial charge in [0, 0.05) is 23.5 Å². The third-order valence-electron chi connectivity index (χ3n) is 5.63. The van der Waals surface area contributed by atoms with Crippen LogP contribution in [0.4, 0.5) is 5.95 Å². The molecule has 0 saturated carbocycles. The first-order chi connectivity index (χ1) is 18.7. The Bertz CT molecular complexity index is 1630. The number of aliphatic hydroxyl groups excluding tert-OH is 1. The van der Waals surface area contributed by atoms with E-state index in [-0.39, 0.29) is 29.2 Å². The van der Waals surface area contributed by atoms with E-state index in [4.69, 9.17) is 5.73 Å². The van der Waals surface area contributed by atoms with Gasteiger partial charge in [0.2, 0.25) is 17.8 Å². The molecule has 2 atom stereocenters. The van der Waals surface area contributed by atoms with Gasteiger partial charge in [-0.15, -0.1) is 0 Å². The first kappa shape index (κ1) is 26.7. The first-order valence-electron chi connectivity index (χ1n) is 11.5. The van der Waals surface area contributed by atoms with E-state index >= 15 is 0 Å². The smallest absolute Gasteiger partial charge is 0.326 e. The predicted octanol–water partition coefficient (Wildman–Crippen LogP) is -2.20. The molecule has 1 aromatic carbocycles. The number of carboxylic acid groups (broad SMARTS) is 1. The average molecular weight is 537 g/mol. The summed E-state index contributed by atoms with van der Waals surface area (Å²) in [6, 6.07) is 4.53. The topological polar surface area (TPSA) is 258 Å². The van der Waals surface area contributed by atoms with Crippen LogP contribution in [0, 0.1) is 0 Å². The Labute approximate surface area is 218 Å². The second-order valence-electron chi connectivity index (χ2n) is 8.33. The fraction of sp³-hybridized carbons (Fsp3) is 0.217. The summed E-state index contributed by atoms with van der Waals surface area (Å²) in [6.07, 6.45) is 2.63. The van der Waals surface area contributed by atoms with Gasteiger partial charge in [-0.3, -0.25) is 24.2 Å². The molecule has 202 valence electrons. The van der Waals surface area contributed by atoms with Crippen LogP contribution in [0.5, 0.6) is 0 Å². The quantitative estimate of drug-likeness (QED) is 0.108. The predicted molar refractivity (Wildman–Crippen MR) is 135 cm³/mol. The largest absolute Gasteiger partial charge is 0.480 e. The number of aliphatic carboxylic acids is 1. The number of carbonyl (C=O) groups excluding carboxylic acids is 3. The molecule has 4 aromatic rings. The zero-order chi connectivity index (χ0) is 28.1. The van der Waals surface area contributed by atoms with E-state index in [9.17, 15) is 34.2 Å². The van der Waals surface area contributed by atoms with Crippen LogP contribution >= 0.6 is 0 Å². The van der Waals surface area contributed by atoms with Gasteiger partial charge in [-0.25, -0.2) is 14.8 Å². The minimum absolute atomic E-state index is 0.00642. The maximum atomic E-state index is 12.5. The molecule has 0 aliphatic carbocycles. The van der Waals surface area contributed by atoms with Gasteiger partial charge in [0.05, 0.1) is 19.3 Å². The number of nitrogens with one attached hydrogen (secondary N) is 5. The zero-order valence-electron chi connectivity index (χ0n) is 20.1. The number of aromatic nitrogens is 5. The lowest BCUT2D eigenvalue weighted by molar-refractivity contribution is -0.141. The minimum Gasteiger partial charge on any atom is -0.480 e. The van der Waals surface area contributed by atoms with Crippen molar-refractivity contribution in [2.75, 3.05) is 18.9 Å². The minimum atomic E-state index is -1.48. The van der Waals surface area contributed by atoms with Crippen molar-refractivity contribution in [2.24, 2.45) is 0 Å². The normalized spacial score (nSPS) is 12.5. The summed E-state index contributed by atoms with van der Waals surface area (Å²) in [7, 11) is 0. The van der Waals surface area contributed by atoms with Gasteiger partial charge in [0.25, 0.3) is 11.5 Å². The number of carboxylic acids is 1. The number of para-hydroxylation sites is 1. The number of aliphatic hydroxyl groups is 1. The van der Waals surface area contributed by atoms with Crippen molar-refractivity contribution >= 4 is 51.7 Å². The van der Waals surface area contributed by atoms with Crippen molar-refractivity contribution in [3.8, 4) is 0 Å². The van der Waals surface area contributed by atoms with E-state index in [1.807, 2.05) is 18.2 Å². The van der Waals surface area contributed by atoms with Crippen LogP contribution in [0.1, 0.15) is 16.1 Å². The van der Waals surface area contributed by atoms with E-state index in [1.165, 1.54) is 0 Å². The van der Waals surface area contributed by atoms with E-state index in [0.717, 1.165) is 17.1 Å². The maximum Gasteiger partial charge on any atom is 0.326 e. The van der Waals surface area contributed by atoms with Crippen molar-refractivity contribution in [1.29, 1.82) is 0 Å². The number of anilines is 1. The SMILES string of the molecule is Nc1nc2nc(C(=O)N[C@@H](CO)C(=O)NCC(=O)N[C@@H](Cc3c[nH]c4ccccc34)C(=O)O)cnc2c(=O)[nH]1. The molecule has 39 heavy (non-hydrogen) atoms. The Kier molecular flexibility index (Phi) is 7.76. The number of nitrogens with zero attached hydrogens (tertiary/aromatic N) is 3. The van der Waals surface area contributed by atoms with E-state index in [1.54, 1.807) is 12.3 Å². The number of fused-ring (bicyclic) bond motifs is 2. The molecular formula is C23H23N9O7.